The van der Waals surface area contributed by atoms with Gasteiger partial charge < -0.3 is 5.32 Å². The molecule has 20 heavy (non-hydrogen) atoms. The molecule has 0 aliphatic rings. The van der Waals surface area contributed by atoms with E-state index < -0.39 is 0 Å². The highest BCUT2D eigenvalue weighted by Crippen LogP contribution is 2.24. The molecule has 0 fully saturated rings. The van der Waals surface area contributed by atoms with Crippen molar-refractivity contribution in [1.29, 1.82) is 0 Å². The molecule has 2 aromatic heterocycles. The van der Waals surface area contributed by atoms with E-state index in [0.29, 0.717) is 0 Å². The van der Waals surface area contributed by atoms with Crippen molar-refractivity contribution < 1.29 is 0 Å². The third-order valence-corrected chi connectivity index (χ3v) is 3.43. The molecule has 6 heteroatoms. The van der Waals surface area contributed by atoms with Gasteiger partial charge in [0.15, 0.2) is 0 Å². The fourth-order valence-corrected chi connectivity index (χ4v) is 2.32. The van der Waals surface area contributed by atoms with E-state index in [4.69, 9.17) is 11.6 Å². The van der Waals surface area contributed by atoms with Gasteiger partial charge in [-0.1, -0.05) is 22.9 Å². The first-order valence-corrected chi connectivity index (χ1v) is 6.79. The van der Waals surface area contributed by atoms with E-state index in [9.17, 15) is 0 Å². The Labute approximate surface area is 121 Å². The van der Waals surface area contributed by atoms with Crippen LogP contribution in [-0.2, 0) is 13.1 Å². The molecule has 3 rings (SSSR count). The fraction of sp³-hybridized carbons (Fsp3) is 0.214. The number of benzene rings is 1. The van der Waals surface area contributed by atoms with E-state index in [0.717, 1.165) is 41.1 Å². The van der Waals surface area contributed by atoms with Gasteiger partial charge in [0.25, 0.3) is 0 Å². The first-order chi connectivity index (χ1) is 9.84. The molecule has 0 saturated carbocycles. The molecule has 2 heterocycles. The zero-order chi connectivity index (χ0) is 13.8. The molecule has 0 aliphatic carbocycles. The number of fused-ring (bicyclic) bond motifs is 1. The lowest BCUT2D eigenvalue weighted by molar-refractivity contribution is 0.541. The Bertz CT molecular complexity index is 696. The lowest BCUT2D eigenvalue weighted by Crippen LogP contribution is -2.20. The summed E-state index contributed by atoms with van der Waals surface area (Å²) in [5.41, 5.74) is 2.09. The van der Waals surface area contributed by atoms with Crippen molar-refractivity contribution in [2.24, 2.45) is 0 Å². The predicted molar refractivity (Wildman–Crippen MR) is 78.5 cm³/mol. The van der Waals surface area contributed by atoms with Crippen LogP contribution in [0.1, 0.15) is 5.56 Å². The molecule has 0 amide bonds. The lowest BCUT2D eigenvalue weighted by Gasteiger charge is -2.08. The molecular formula is C14H14ClN5. The largest absolute Gasteiger partial charge is 0.311 e. The summed E-state index contributed by atoms with van der Waals surface area (Å²) in [6.07, 6.45) is 5.31. The predicted octanol–water partition coefficient (Wildman–Crippen LogP) is 2.27. The van der Waals surface area contributed by atoms with Crippen molar-refractivity contribution in [3.8, 4) is 0 Å². The van der Waals surface area contributed by atoms with E-state index in [1.165, 1.54) is 0 Å². The van der Waals surface area contributed by atoms with Crippen molar-refractivity contribution in [3.05, 3.63) is 53.4 Å². The van der Waals surface area contributed by atoms with E-state index in [1.807, 2.05) is 30.5 Å². The second-order valence-electron chi connectivity index (χ2n) is 4.45. The molecule has 5 nitrogen and oxygen atoms in total. The zero-order valence-electron chi connectivity index (χ0n) is 10.8. The molecule has 1 N–H and O–H groups in total. The first-order valence-electron chi connectivity index (χ1n) is 6.41. The van der Waals surface area contributed by atoms with E-state index in [2.05, 4.69) is 20.6 Å². The molecule has 0 aliphatic heterocycles. The van der Waals surface area contributed by atoms with Crippen LogP contribution in [0, 0.1) is 0 Å². The number of aromatic nitrogens is 4. The van der Waals surface area contributed by atoms with Gasteiger partial charge in [0.1, 0.15) is 0 Å². The van der Waals surface area contributed by atoms with Gasteiger partial charge in [-0.05, 0) is 23.8 Å². The minimum atomic E-state index is 0.736. The van der Waals surface area contributed by atoms with Gasteiger partial charge in [-0.3, -0.25) is 9.67 Å². The Balaban J connectivity index is 1.67. The average molecular weight is 288 g/mol. The Morgan fingerprint density at radius 2 is 2.15 bits per heavy atom. The van der Waals surface area contributed by atoms with E-state index in [-0.39, 0.29) is 0 Å². The summed E-state index contributed by atoms with van der Waals surface area (Å²) in [5.74, 6) is 0. The van der Waals surface area contributed by atoms with Gasteiger partial charge in [0, 0.05) is 35.9 Å². The highest BCUT2D eigenvalue weighted by molar-refractivity contribution is 6.35. The summed E-state index contributed by atoms with van der Waals surface area (Å²) in [4.78, 5) is 4.42. The van der Waals surface area contributed by atoms with Crippen molar-refractivity contribution in [3.63, 3.8) is 0 Å². The second kappa shape index (κ2) is 5.98. The molecule has 0 saturated heterocycles. The summed E-state index contributed by atoms with van der Waals surface area (Å²) >= 11 is 6.18. The summed E-state index contributed by atoms with van der Waals surface area (Å²) in [6.45, 7) is 2.36. The minimum Gasteiger partial charge on any atom is -0.311 e. The Morgan fingerprint density at radius 1 is 1.20 bits per heavy atom. The fourth-order valence-electron chi connectivity index (χ4n) is 2.11. The number of nitrogens with one attached hydrogen (secondary N) is 1. The number of halogens is 1. The Hall–Kier alpha value is -1.98. The molecule has 102 valence electrons. The van der Waals surface area contributed by atoms with Crippen LogP contribution in [0.25, 0.3) is 10.9 Å². The van der Waals surface area contributed by atoms with Gasteiger partial charge in [-0.2, -0.15) is 0 Å². The quantitative estimate of drug-likeness (QED) is 0.732. The normalized spacial score (nSPS) is 11.1. The van der Waals surface area contributed by atoms with Crippen LogP contribution >= 0.6 is 11.6 Å². The maximum atomic E-state index is 6.18. The number of pyridine rings is 1. The Kier molecular flexibility index (Phi) is 3.90. The van der Waals surface area contributed by atoms with Crippen molar-refractivity contribution in [2.75, 3.05) is 6.54 Å². The van der Waals surface area contributed by atoms with Gasteiger partial charge in [0.2, 0.25) is 0 Å². The molecule has 3 aromatic rings. The number of nitrogens with zero attached hydrogens (tertiary/aromatic N) is 4. The van der Waals surface area contributed by atoms with E-state index in [1.54, 1.807) is 17.1 Å². The number of hydrogen-bond donors (Lipinski definition) is 1. The van der Waals surface area contributed by atoms with Crippen LogP contribution in [0.4, 0.5) is 0 Å². The summed E-state index contributed by atoms with van der Waals surface area (Å²) < 4.78 is 1.80. The highest BCUT2D eigenvalue weighted by Gasteiger charge is 2.05. The molecule has 0 bridgehead atoms. The van der Waals surface area contributed by atoms with Gasteiger partial charge >= 0.3 is 0 Å². The molecule has 0 spiro atoms. The molecule has 0 radical (unpaired) electrons. The zero-order valence-corrected chi connectivity index (χ0v) is 11.6. The third kappa shape index (κ3) is 2.79. The van der Waals surface area contributed by atoms with Crippen LogP contribution in [0.15, 0.2) is 42.9 Å². The maximum absolute atomic E-state index is 6.18. The minimum absolute atomic E-state index is 0.736. The summed E-state index contributed by atoms with van der Waals surface area (Å²) in [6, 6.07) is 7.82. The van der Waals surface area contributed by atoms with Crippen LogP contribution in [0.3, 0.4) is 0 Å². The van der Waals surface area contributed by atoms with Gasteiger partial charge in [-0.25, -0.2) is 0 Å². The third-order valence-electron chi connectivity index (χ3n) is 3.11. The molecule has 0 atom stereocenters. The SMILES string of the molecule is Clc1ccc(CNCCn2ccnn2)c2ncccc12. The summed E-state index contributed by atoms with van der Waals surface area (Å²) in [5, 5.41) is 12.8. The topological polar surface area (TPSA) is 55.6 Å². The van der Waals surface area contributed by atoms with Crippen molar-refractivity contribution in [2.45, 2.75) is 13.1 Å². The molecular weight excluding hydrogens is 274 g/mol. The van der Waals surface area contributed by atoms with Crippen LogP contribution in [0.2, 0.25) is 5.02 Å². The molecule has 0 unspecified atom stereocenters. The van der Waals surface area contributed by atoms with Crippen LogP contribution in [-0.4, -0.2) is 26.5 Å². The van der Waals surface area contributed by atoms with Crippen LogP contribution < -0.4 is 5.32 Å². The second-order valence-corrected chi connectivity index (χ2v) is 4.86. The maximum Gasteiger partial charge on any atom is 0.0761 e. The van der Waals surface area contributed by atoms with Crippen LogP contribution in [0.5, 0.6) is 0 Å². The van der Waals surface area contributed by atoms with Gasteiger partial charge in [-0.15, -0.1) is 5.10 Å². The number of rotatable bonds is 5. The van der Waals surface area contributed by atoms with E-state index >= 15 is 0 Å². The first kappa shape index (κ1) is 13.0. The smallest absolute Gasteiger partial charge is 0.0761 e. The van der Waals surface area contributed by atoms with Gasteiger partial charge in [0.05, 0.1) is 18.3 Å². The highest BCUT2D eigenvalue weighted by atomic mass is 35.5. The van der Waals surface area contributed by atoms with Crippen molar-refractivity contribution >= 4 is 22.5 Å². The van der Waals surface area contributed by atoms with Crippen molar-refractivity contribution in [1.82, 2.24) is 25.3 Å². The Morgan fingerprint density at radius 3 is 3.00 bits per heavy atom. The number of hydrogen-bond acceptors (Lipinski definition) is 4. The molecule has 1 aromatic carbocycles. The monoisotopic (exact) mass is 287 g/mol. The summed E-state index contributed by atoms with van der Waals surface area (Å²) in [7, 11) is 0. The average Bonchev–Trinajstić information content (AvgIpc) is 2.99. The standard InChI is InChI=1S/C14H14ClN5/c15-13-4-3-11(14-12(13)2-1-5-17-14)10-16-6-8-20-9-7-18-19-20/h1-5,7,9,16H,6,8,10H2. The lowest BCUT2D eigenvalue weighted by atomic mass is 10.1.